The number of hydrogen-bond donors (Lipinski definition) is 4. The van der Waals surface area contributed by atoms with E-state index in [1.54, 1.807) is 6.07 Å². The van der Waals surface area contributed by atoms with Crippen molar-refractivity contribution in [2.75, 3.05) is 25.6 Å². The number of aromatic amines is 1. The number of methoxy groups -OCH3 is 1. The molecule has 1 heterocycles. The number of amides is 2. The minimum atomic E-state index is -2.65. The lowest BCUT2D eigenvalue weighted by Crippen LogP contribution is -2.31. The van der Waals surface area contributed by atoms with Crippen molar-refractivity contribution in [2.24, 2.45) is 0 Å². The Morgan fingerprint density at radius 3 is 2.82 bits per heavy atom. The molecule has 2 aromatic rings. The van der Waals surface area contributed by atoms with E-state index in [0.717, 1.165) is 5.69 Å². The van der Waals surface area contributed by atoms with E-state index in [-0.39, 0.29) is 34.5 Å². The zero-order valence-electron chi connectivity index (χ0n) is 18.2. The Morgan fingerprint density at radius 1 is 1.32 bits per heavy atom. The molecule has 2 amide bonds. The zero-order chi connectivity index (χ0) is 24.7. The zero-order valence-corrected chi connectivity index (χ0v) is 18.2. The highest BCUT2D eigenvalue weighted by Crippen LogP contribution is 2.36. The Labute approximate surface area is 192 Å². The van der Waals surface area contributed by atoms with Gasteiger partial charge in [-0.15, -0.1) is 0 Å². The lowest BCUT2D eigenvalue weighted by molar-refractivity contribution is -0.118. The number of phenols is 1. The first kappa shape index (κ1) is 24.7. The number of aldehydes is 1. The number of anilines is 1. The largest absolute Gasteiger partial charge is 0.507 e. The molecule has 34 heavy (non-hydrogen) atoms. The number of nitrogens with one attached hydrogen (secondary N) is 3. The fraction of sp³-hybridized carbons (Fsp3) is 0.429. The summed E-state index contributed by atoms with van der Waals surface area (Å²) < 4.78 is 39.8. The number of ether oxygens (including phenoxy) is 3. The van der Waals surface area contributed by atoms with E-state index >= 15 is 0 Å². The molecular formula is C21H24F2N4O7. The summed E-state index contributed by atoms with van der Waals surface area (Å²) in [4.78, 5) is 35.0. The second kappa shape index (κ2) is 11.3. The van der Waals surface area contributed by atoms with Gasteiger partial charge in [-0.05, 0) is 19.3 Å². The van der Waals surface area contributed by atoms with Crippen molar-refractivity contribution in [1.82, 2.24) is 15.5 Å². The van der Waals surface area contributed by atoms with Gasteiger partial charge < -0.3 is 30.0 Å². The fourth-order valence-electron chi connectivity index (χ4n) is 3.56. The van der Waals surface area contributed by atoms with Crippen molar-refractivity contribution in [3.63, 3.8) is 0 Å². The molecular weight excluding hydrogens is 458 g/mol. The van der Waals surface area contributed by atoms with Gasteiger partial charge in [0, 0.05) is 29.8 Å². The Kier molecular flexibility index (Phi) is 8.22. The normalized spacial score (nSPS) is 17.3. The Morgan fingerprint density at radius 2 is 2.12 bits per heavy atom. The second-order valence-corrected chi connectivity index (χ2v) is 7.53. The first-order valence-corrected chi connectivity index (χ1v) is 10.4. The van der Waals surface area contributed by atoms with Crippen LogP contribution in [0.2, 0.25) is 0 Å². The van der Waals surface area contributed by atoms with Crippen LogP contribution in [0.1, 0.15) is 41.2 Å². The van der Waals surface area contributed by atoms with E-state index in [1.807, 2.05) is 5.32 Å². The third-order valence-electron chi connectivity index (χ3n) is 5.17. The van der Waals surface area contributed by atoms with Gasteiger partial charge in [-0.2, -0.15) is 5.10 Å². The van der Waals surface area contributed by atoms with Crippen LogP contribution in [-0.4, -0.2) is 66.4 Å². The van der Waals surface area contributed by atoms with Crippen molar-refractivity contribution in [3.05, 3.63) is 29.5 Å². The van der Waals surface area contributed by atoms with E-state index < -0.39 is 37.7 Å². The highest BCUT2D eigenvalue weighted by molar-refractivity contribution is 5.91. The molecule has 0 aliphatic heterocycles. The first-order valence-electron chi connectivity index (χ1n) is 10.4. The summed E-state index contributed by atoms with van der Waals surface area (Å²) in [5.74, 6) is -0.434. The lowest BCUT2D eigenvalue weighted by Gasteiger charge is -2.13. The number of hydrogen-bond acceptors (Lipinski definition) is 8. The lowest BCUT2D eigenvalue weighted by atomic mass is 10.0. The van der Waals surface area contributed by atoms with Crippen LogP contribution < -0.4 is 20.1 Å². The molecule has 3 rings (SSSR count). The first-order chi connectivity index (χ1) is 16.3. The number of phenolic OH excluding ortho intramolecular Hbond substituents is 1. The molecule has 0 radical (unpaired) electrons. The van der Waals surface area contributed by atoms with Gasteiger partial charge in [-0.25, -0.2) is 13.6 Å². The number of carbonyl (C=O) groups is 3. The Balaban J connectivity index is 1.50. The second-order valence-electron chi connectivity index (χ2n) is 7.53. The molecule has 1 aromatic heterocycles. The van der Waals surface area contributed by atoms with Crippen molar-refractivity contribution in [1.29, 1.82) is 0 Å². The van der Waals surface area contributed by atoms with Gasteiger partial charge in [-0.1, -0.05) is 0 Å². The average molecular weight is 482 g/mol. The minimum Gasteiger partial charge on any atom is -0.507 e. The van der Waals surface area contributed by atoms with E-state index in [0.29, 0.717) is 25.5 Å². The minimum absolute atomic E-state index is 0.0145. The molecule has 4 N–H and O–H groups in total. The van der Waals surface area contributed by atoms with Gasteiger partial charge in [0.05, 0.1) is 19.2 Å². The molecule has 2 atom stereocenters. The third-order valence-corrected chi connectivity index (χ3v) is 5.17. The Hall–Kier alpha value is -3.90. The molecule has 13 heteroatoms. The van der Waals surface area contributed by atoms with Crippen LogP contribution in [0.4, 0.5) is 19.4 Å². The summed E-state index contributed by atoms with van der Waals surface area (Å²) in [6.45, 7) is -1.22. The number of alkyl carbamates (subject to hydrolysis) is 1. The van der Waals surface area contributed by atoms with Gasteiger partial charge in [0.25, 0.3) is 12.3 Å². The average Bonchev–Trinajstić information content (AvgIpc) is 3.45. The summed E-state index contributed by atoms with van der Waals surface area (Å²) in [5, 5.41) is 21.3. The van der Waals surface area contributed by atoms with Crippen molar-refractivity contribution < 1.29 is 42.5 Å². The van der Waals surface area contributed by atoms with E-state index in [4.69, 9.17) is 14.2 Å². The fourth-order valence-corrected chi connectivity index (χ4v) is 3.56. The molecule has 1 aliphatic rings. The van der Waals surface area contributed by atoms with Gasteiger partial charge in [0.2, 0.25) is 0 Å². The number of halogens is 2. The molecule has 1 aliphatic carbocycles. The number of benzene rings is 1. The monoisotopic (exact) mass is 482 g/mol. The quantitative estimate of drug-likeness (QED) is 0.377. The number of alkyl halides is 2. The maximum atomic E-state index is 12.2. The topological polar surface area (TPSA) is 152 Å². The molecule has 1 saturated carbocycles. The molecule has 0 spiro atoms. The summed E-state index contributed by atoms with van der Waals surface area (Å²) in [7, 11) is 1.38. The predicted octanol–water partition coefficient (Wildman–Crippen LogP) is 2.58. The molecule has 2 unspecified atom stereocenters. The van der Waals surface area contributed by atoms with Crippen LogP contribution in [0.25, 0.3) is 0 Å². The van der Waals surface area contributed by atoms with Gasteiger partial charge in [0.1, 0.15) is 23.4 Å². The summed E-state index contributed by atoms with van der Waals surface area (Å²) in [5.41, 5.74) is 0.604. The summed E-state index contributed by atoms with van der Waals surface area (Å²) in [6.07, 6.45) is -1.82. The van der Waals surface area contributed by atoms with Crippen LogP contribution >= 0.6 is 0 Å². The van der Waals surface area contributed by atoms with Crippen LogP contribution in [-0.2, 0) is 9.53 Å². The highest BCUT2D eigenvalue weighted by atomic mass is 19.3. The molecule has 0 saturated heterocycles. The predicted molar refractivity (Wildman–Crippen MR) is 114 cm³/mol. The number of carbonyl (C=O) groups excluding carboxylic acids is 3. The number of nitrogens with zero attached hydrogens (tertiary/aromatic N) is 1. The van der Waals surface area contributed by atoms with Crippen molar-refractivity contribution >= 4 is 24.1 Å². The van der Waals surface area contributed by atoms with Gasteiger partial charge in [-0.3, -0.25) is 14.7 Å². The van der Waals surface area contributed by atoms with Crippen LogP contribution in [0.5, 0.6) is 17.2 Å². The summed E-state index contributed by atoms with van der Waals surface area (Å²) >= 11 is 0. The van der Waals surface area contributed by atoms with E-state index in [2.05, 4.69) is 15.5 Å². The molecule has 0 bridgehead atoms. The maximum Gasteiger partial charge on any atom is 0.407 e. The van der Waals surface area contributed by atoms with E-state index in [9.17, 15) is 28.3 Å². The smallest absolute Gasteiger partial charge is 0.407 e. The standard InChI is InChI=1S/C21H24F2N4O7/c1-32-13-5-16(29)14(9-28)17(6-13)33-10-20(30)25-19-7-15(26-27-19)11-2-3-12(4-11)34-21(31)24-8-18(22)23/h5-7,9,11-12,18,29H,2-4,8,10H2,1H3,(H,24,31)(H2,25,26,27,30). The molecule has 1 fully saturated rings. The van der Waals surface area contributed by atoms with Crippen molar-refractivity contribution in [2.45, 2.75) is 37.7 Å². The van der Waals surface area contributed by atoms with Crippen LogP contribution in [0.3, 0.4) is 0 Å². The van der Waals surface area contributed by atoms with Crippen LogP contribution in [0, 0.1) is 0 Å². The number of H-pyrrole nitrogens is 1. The maximum absolute atomic E-state index is 12.2. The van der Waals surface area contributed by atoms with Crippen molar-refractivity contribution in [3.8, 4) is 17.2 Å². The number of rotatable bonds is 10. The highest BCUT2D eigenvalue weighted by Gasteiger charge is 2.30. The number of aromatic hydroxyl groups is 1. The number of aromatic nitrogens is 2. The van der Waals surface area contributed by atoms with Gasteiger partial charge >= 0.3 is 6.09 Å². The molecule has 184 valence electrons. The molecule has 1 aromatic carbocycles. The third kappa shape index (κ3) is 6.56. The van der Waals surface area contributed by atoms with E-state index in [1.165, 1.54) is 19.2 Å². The van der Waals surface area contributed by atoms with Crippen LogP contribution in [0.15, 0.2) is 18.2 Å². The molecule has 11 nitrogen and oxygen atoms in total. The summed E-state index contributed by atoms with van der Waals surface area (Å²) in [6, 6.07) is 4.25. The SMILES string of the molecule is COc1cc(O)c(C=O)c(OCC(=O)Nc2cc(C3CCC(OC(=O)NCC(F)F)C3)[nH]n2)c1. The Bertz CT molecular complexity index is 1030. The van der Waals surface area contributed by atoms with Gasteiger partial charge in [0.15, 0.2) is 18.7 Å².